The van der Waals surface area contributed by atoms with Crippen molar-refractivity contribution in [2.24, 2.45) is 4.99 Å². The van der Waals surface area contributed by atoms with E-state index in [1.807, 2.05) is 12.1 Å². The first kappa shape index (κ1) is 18.9. The van der Waals surface area contributed by atoms with Gasteiger partial charge in [-0.1, -0.05) is 12.1 Å². The lowest BCUT2D eigenvalue weighted by Crippen LogP contribution is -2.37. The van der Waals surface area contributed by atoms with Crippen LogP contribution in [0.25, 0.3) is 0 Å². The minimum Gasteiger partial charge on any atom is -0.356 e. The summed E-state index contributed by atoms with van der Waals surface area (Å²) in [5.41, 5.74) is 2.41. The van der Waals surface area contributed by atoms with Crippen LogP contribution in [0.4, 0.5) is 4.39 Å². The number of halogens is 2. The summed E-state index contributed by atoms with van der Waals surface area (Å²) < 4.78 is 12.8. The molecular weight excluding hydrogens is 412 g/mol. The molecule has 0 radical (unpaired) electrons. The van der Waals surface area contributed by atoms with E-state index in [1.165, 1.54) is 22.6 Å². The quantitative estimate of drug-likeness (QED) is 0.429. The van der Waals surface area contributed by atoms with E-state index in [-0.39, 0.29) is 29.8 Å². The van der Waals surface area contributed by atoms with Gasteiger partial charge in [-0.05, 0) is 48.1 Å². The van der Waals surface area contributed by atoms with Gasteiger partial charge in [-0.2, -0.15) is 0 Å². The summed E-state index contributed by atoms with van der Waals surface area (Å²) >= 11 is 1.74. The number of nitrogens with one attached hydrogen (secondary N) is 2. The highest BCUT2D eigenvalue weighted by atomic mass is 127. The van der Waals surface area contributed by atoms with Crippen LogP contribution in [0.2, 0.25) is 0 Å². The molecule has 0 saturated carbocycles. The number of guanidine groups is 1. The third kappa shape index (κ3) is 5.92. The topological polar surface area (TPSA) is 36.4 Å². The second kappa shape index (κ2) is 9.78. The van der Waals surface area contributed by atoms with Gasteiger partial charge in [0.1, 0.15) is 5.82 Å². The molecule has 2 N–H and O–H groups in total. The van der Waals surface area contributed by atoms with E-state index in [9.17, 15) is 4.39 Å². The minimum absolute atomic E-state index is 0. The Balaban J connectivity index is 0.00000242. The zero-order chi connectivity index (χ0) is 15.1. The molecular formula is C16H21FIN3S. The van der Waals surface area contributed by atoms with Crippen molar-refractivity contribution in [2.75, 3.05) is 13.6 Å². The molecule has 1 aromatic carbocycles. The smallest absolute Gasteiger partial charge is 0.191 e. The van der Waals surface area contributed by atoms with Gasteiger partial charge >= 0.3 is 0 Å². The zero-order valence-corrected chi connectivity index (χ0v) is 15.9. The maximum atomic E-state index is 12.8. The average molecular weight is 433 g/mol. The molecule has 6 heteroatoms. The highest BCUT2D eigenvalue weighted by Gasteiger charge is 2.02. The SMILES string of the molecule is CN=C(NCCc1ccc(F)cc1)NCc1sccc1C.I. The Kier molecular flexibility index (Phi) is 8.40. The normalized spacial score (nSPS) is 11.0. The minimum atomic E-state index is -0.199. The summed E-state index contributed by atoms with van der Waals surface area (Å²) in [6.07, 6.45) is 0.832. The number of benzene rings is 1. The van der Waals surface area contributed by atoms with Gasteiger partial charge < -0.3 is 10.6 Å². The fraction of sp³-hybridized carbons (Fsp3) is 0.312. The number of aryl methyl sites for hydroxylation is 1. The maximum Gasteiger partial charge on any atom is 0.191 e. The molecule has 0 amide bonds. The maximum absolute atomic E-state index is 12.8. The Bertz CT molecular complexity index is 596. The molecule has 2 rings (SSSR count). The van der Waals surface area contributed by atoms with Crippen LogP contribution in [0, 0.1) is 12.7 Å². The van der Waals surface area contributed by atoms with Crippen molar-refractivity contribution in [3.8, 4) is 0 Å². The molecule has 1 aromatic heterocycles. The molecule has 0 saturated heterocycles. The van der Waals surface area contributed by atoms with E-state index in [0.29, 0.717) is 0 Å². The lowest BCUT2D eigenvalue weighted by Gasteiger charge is -2.11. The standard InChI is InChI=1S/C16H20FN3S.HI/c1-12-8-10-21-15(12)11-20-16(18-2)19-9-7-13-3-5-14(17)6-4-13;/h3-6,8,10H,7,9,11H2,1-2H3,(H2,18,19,20);1H. The van der Waals surface area contributed by atoms with Gasteiger partial charge in [0.05, 0.1) is 6.54 Å². The summed E-state index contributed by atoms with van der Waals surface area (Å²) in [6, 6.07) is 8.71. The first-order valence-electron chi connectivity index (χ1n) is 6.91. The Morgan fingerprint density at radius 1 is 1.18 bits per heavy atom. The van der Waals surface area contributed by atoms with Crippen LogP contribution in [0.3, 0.4) is 0 Å². The number of thiophene rings is 1. The van der Waals surface area contributed by atoms with E-state index in [2.05, 4.69) is 34.0 Å². The molecule has 0 aliphatic heterocycles. The van der Waals surface area contributed by atoms with E-state index >= 15 is 0 Å². The number of nitrogens with zero attached hydrogens (tertiary/aromatic N) is 1. The number of rotatable bonds is 5. The predicted molar refractivity (Wildman–Crippen MR) is 103 cm³/mol. The van der Waals surface area contributed by atoms with Crippen LogP contribution in [0.15, 0.2) is 40.7 Å². The third-order valence-corrected chi connectivity index (χ3v) is 4.25. The molecule has 0 aliphatic rings. The molecule has 0 spiro atoms. The Hall–Kier alpha value is -1.15. The van der Waals surface area contributed by atoms with Gasteiger partial charge in [0.2, 0.25) is 0 Å². The lowest BCUT2D eigenvalue weighted by atomic mass is 10.1. The third-order valence-electron chi connectivity index (χ3n) is 3.23. The van der Waals surface area contributed by atoms with Gasteiger partial charge in [-0.15, -0.1) is 35.3 Å². The van der Waals surface area contributed by atoms with Crippen molar-refractivity contribution in [1.29, 1.82) is 0 Å². The van der Waals surface area contributed by atoms with E-state index in [4.69, 9.17) is 0 Å². The van der Waals surface area contributed by atoms with Gasteiger partial charge in [-0.3, -0.25) is 4.99 Å². The van der Waals surface area contributed by atoms with Crippen LogP contribution in [0.1, 0.15) is 16.0 Å². The van der Waals surface area contributed by atoms with Crippen molar-refractivity contribution in [3.63, 3.8) is 0 Å². The Labute approximate surface area is 152 Å². The van der Waals surface area contributed by atoms with Gasteiger partial charge in [0, 0.05) is 18.5 Å². The van der Waals surface area contributed by atoms with E-state index < -0.39 is 0 Å². The molecule has 3 nitrogen and oxygen atoms in total. The highest BCUT2D eigenvalue weighted by Crippen LogP contribution is 2.14. The van der Waals surface area contributed by atoms with Crippen LogP contribution < -0.4 is 10.6 Å². The molecule has 0 atom stereocenters. The largest absolute Gasteiger partial charge is 0.356 e. The second-order valence-corrected chi connectivity index (χ2v) is 5.76. The molecule has 120 valence electrons. The Morgan fingerprint density at radius 3 is 2.50 bits per heavy atom. The van der Waals surface area contributed by atoms with Crippen molar-refractivity contribution in [2.45, 2.75) is 19.9 Å². The predicted octanol–water partition coefficient (Wildman–Crippen LogP) is 3.72. The summed E-state index contributed by atoms with van der Waals surface area (Å²) in [4.78, 5) is 5.52. The molecule has 22 heavy (non-hydrogen) atoms. The summed E-state index contributed by atoms with van der Waals surface area (Å²) in [5, 5.41) is 8.66. The fourth-order valence-electron chi connectivity index (χ4n) is 1.95. The summed E-state index contributed by atoms with van der Waals surface area (Å²) in [5.74, 6) is 0.584. The summed E-state index contributed by atoms with van der Waals surface area (Å²) in [6.45, 7) is 3.65. The van der Waals surface area contributed by atoms with Crippen LogP contribution in [-0.2, 0) is 13.0 Å². The van der Waals surface area contributed by atoms with Crippen LogP contribution in [-0.4, -0.2) is 19.6 Å². The molecule has 0 aliphatic carbocycles. The van der Waals surface area contributed by atoms with Gasteiger partial charge in [0.15, 0.2) is 5.96 Å². The van der Waals surface area contributed by atoms with E-state index in [0.717, 1.165) is 31.0 Å². The highest BCUT2D eigenvalue weighted by molar-refractivity contribution is 14.0. The number of hydrogen-bond acceptors (Lipinski definition) is 2. The van der Waals surface area contributed by atoms with Crippen molar-refractivity contribution in [1.82, 2.24) is 10.6 Å². The zero-order valence-electron chi connectivity index (χ0n) is 12.7. The number of hydrogen-bond donors (Lipinski definition) is 2. The van der Waals surface area contributed by atoms with Crippen LogP contribution in [0.5, 0.6) is 0 Å². The molecule has 0 fully saturated rings. The van der Waals surface area contributed by atoms with Crippen molar-refractivity contribution in [3.05, 3.63) is 57.5 Å². The monoisotopic (exact) mass is 433 g/mol. The average Bonchev–Trinajstić information content (AvgIpc) is 2.90. The summed E-state index contributed by atoms with van der Waals surface area (Å²) in [7, 11) is 1.76. The lowest BCUT2D eigenvalue weighted by molar-refractivity contribution is 0.626. The number of aliphatic imine (C=N–C) groups is 1. The first-order chi connectivity index (χ1) is 10.2. The van der Waals surface area contributed by atoms with Gasteiger partial charge in [-0.25, -0.2) is 4.39 Å². The van der Waals surface area contributed by atoms with Gasteiger partial charge in [0.25, 0.3) is 0 Å². The molecule has 0 bridgehead atoms. The molecule has 2 aromatic rings. The second-order valence-electron chi connectivity index (χ2n) is 4.76. The van der Waals surface area contributed by atoms with Crippen molar-refractivity contribution >= 4 is 41.3 Å². The Morgan fingerprint density at radius 2 is 1.91 bits per heavy atom. The van der Waals surface area contributed by atoms with Crippen molar-refractivity contribution < 1.29 is 4.39 Å². The first-order valence-corrected chi connectivity index (χ1v) is 7.79. The van der Waals surface area contributed by atoms with E-state index in [1.54, 1.807) is 18.4 Å². The fourth-order valence-corrected chi connectivity index (χ4v) is 2.79. The molecule has 1 heterocycles. The molecule has 0 unspecified atom stereocenters. The van der Waals surface area contributed by atoms with Crippen LogP contribution >= 0.6 is 35.3 Å².